The third-order valence-corrected chi connectivity index (χ3v) is 8.89. The number of hydrogen-bond acceptors (Lipinski definition) is 1. The van der Waals surface area contributed by atoms with Crippen molar-refractivity contribution in [2.24, 2.45) is 17.8 Å². The van der Waals surface area contributed by atoms with E-state index in [-0.39, 0.29) is 12.3 Å². The molecule has 2 rings (SSSR count). The van der Waals surface area contributed by atoms with Crippen LogP contribution in [0, 0.1) is 17.8 Å². The molecule has 2 saturated carbocycles. The van der Waals surface area contributed by atoms with Crippen molar-refractivity contribution in [3.8, 4) is 0 Å². The van der Waals surface area contributed by atoms with Crippen molar-refractivity contribution in [1.29, 1.82) is 0 Å². The van der Waals surface area contributed by atoms with Gasteiger partial charge < -0.3 is 5.11 Å². The molecule has 2 aliphatic carbocycles. The molecule has 0 aromatic rings. The summed E-state index contributed by atoms with van der Waals surface area (Å²) >= 11 is 17.7. The Bertz CT molecular complexity index is 421. The zero-order valence-electron chi connectivity index (χ0n) is 11.0. The van der Waals surface area contributed by atoms with E-state index in [2.05, 4.69) is 0 Å². The minimum absolute atomic E-state index is 0.0335. The molecule has 0 aromatic heterocycles. The Morgan fingerprint density at radius 3 is 1.77 bits per heavy atom. The molecular formula is C11H13Cl3F6OSi. The SMILES string of the molecule is OC(CC1CC2CC1C([Si](Cl)(Cl)Cl)C2)(C(F)(F)F)C(F)(F)F. The molecule has 0 aromatic carbocycles. The highest BCUT2D eigenvalue weighted by Crippen LogP contribution is 2.63. The van der Waals surface area contributed by atoms with Crippen LogP contribution in [0.25, 0.3) is 0 Å². The van der Waals surface area contributed by atoms with Gasteiger partial charge in [-0.1, -0.05) is 0 Å². The zero-order valence-corrected chi connectivity index (χ0v) is 14.3. The van der Waals surface area contributed by atoms with Crippen molar-refractivity contribution >= 4 is 39.2 Å². The summed E-state index contributed by atoms with van der Waals surface area (Å²) in [5.41, 5.74) is -5.17. The van der Waals surface area contributed by atoms with Crippen molar-refractivity contribution in [2.45, 2.75) is 49.2 Å². The Hall–Kier alpha value is 0.627. The third kappa shape index (κ3) is 3.23. The van der Waals surface area contributed by atoms with Crippen molar-refractivity contribution in [1.82, 2.24) is 0 Å². The van der Waals surface area contributed by atoms with E-state index in [0.29, 0.717) is 12.8 Å². The second-order valence-electron chi connectivity index (χ2n) is 6.21. The first kappa shape index (κ1) is 19.0. The minimum Gasteiger partial charge on any atom is -0.374 e. The van der Waals surface area contributed by atoms with Crippen LogP contribution in [0.15, 0.2) is 0 Å². The monoisotopic (exact) mass is 408 g/mol. The van der Waals surface area contributed by atoms with Gasteiger partial charge in [-0.25, -0.2) is 0 Å². The van der Waals surface area contributed by atoms with Gasteiger partial charge >= 0.3 is 18.4 Å². The van der Waals surface area contributed by atoms with Crippen LogP contribution in [0.1, 0.15) is 25.7 Å². The minimum atomic E-state index is -5.79. The second kappa shape index (κ2) is 5.57. The summed E-state index contributed by atoms with van der Waals surface area (Å²) in [6.07, 6.45) is -11.8. The van der Waals surface area contributed by atoms with E-state index in [0.717, 1.165) is 0 Å². The normalized spacial score (nSPS) is 33.5. The Morgan fingerprint density at radius 2 is 1.41 bits per heavy atom. The van der Waals surface area contributed by atoms with Crippen LogP contribution in [0.5, 0.6) is 0 Å². The van der Waals surface area contributed by atoms with Crippen LogP contribution >= 0.6 is 33.2 Å². The van der Waals surface area contributed by atoms with E-state index >= 15 is 0 Å². The highest BCUT2D eigenvalue weighted by molar-refractivity contribution is 7.65. The molecule has 2 fully saturated rings. The third-order valence-electron chi connectivity index (χ3n) is 4.87. The fraction of sp³-hybridized carbons (Fsp3) is 1.00. The molecule has 0 radical (unpaired) electrons. The van der Waals surface area contributed by atoms with Crippen LogP contribution in [-0.2, 0) is 0 Å². The maximum absolute atomic E-state index is 12.8. The number of halogens is 9. The second-order valence-corrected chi connectivity index (χ2v) is 15.1. The maximum atomic E-state index is 12.8. The topological polar surface area (TPSA) is 20.2 Å². The summed E-state index contributed by atoms with van der Waals surface area (Å²) in [5.74, 6) is -1.48. The first-order valence-electron chi connectivity index (χ1n) is 6.59. The van der Waals surface area contributed by atoms with Gasteiger partial charge in [-0.2, -0.15) is 26.3 Å². The van der Waals surface area contributed by atoms with Gasteiger partial charge in [0.05, 0.1) is 0 Å². The average molecular weight is 410 g/mol. The molecule has 4 unspecified atom stereocenters. The van der Waals surface area contributed by atoms with Gasteiger partial charge in [0, 0.05) is 0 Å². The Kier molecular flexibility index (Phi) is 4.80. The number of rotatable bonds is 3. The van der Waals surface area contributed by atoms with Crippen LogP contribution in [0.4, 0.5) is 26.3 Å². The molecule has 130 valence electrons. The summed E-state index contributed by atoms with van der Waals surface area (Å²) in [6, 6.07) is -3.21. The van der Waals surface area contributed by atoms with Crippen molar-refractivity contribution in [3.05, 3.63) is 0 Å². The van der Waals surface area contributed by atoms with Gasteiger partial charge in [0.2, 0.25) is 0 Å². The lowest BCUT2D eigenvalue weighted by molar-refractivity contribution is -0.373. The molecule has 0 amide bonds. The summed E-state index contributed by atoms with van der Waals surface area (Å²) in [4.78, 5) is 0. The number of fused-ring (bicyclic) bond motifs is 2. The van der Waals surface area contributed by atoms with E-state index in [9.17, 15) is 31.4 Å². The van der Waals surface area contributed by atoms with E-state index in [4.69, 9.17) is 33.2 Å². The Morgan fingerprint density at radius 1 is 0.909 bits per heavy atom. The number of aliphatic hydroxyl groups is 1. The predicted molar refractivity (Wildman–Crippen MR) is 73.1 cm³/mol. The maximum Gasteiger partial charge on any atom is 0.426 e. The molecular weight excluding hydrogens is 397 g/mol. The van der Waals surface area contributed by atoms with Crippen molar-refractivity contribution in [2.75, 3.05) is 0 Å². The molecule has 11 heteroatoms. The van der Waals surface area contributed by atoms with E-state index in [1.807, 2.05) is 0 Å². The summed E-state index contributed by atoms with van der Waals surface area (Å²) in [5, 5.41) is 9.32. The molecule has 0 saturated heterocycles. The highest BCUT2D eigenvalue weighted by atomic mass is 35.8. The molecule has 1 nitrogen and oxygen atoms in total. The molecule has 22 heavy (non-hydrogen) atoms. The van der Waals surface area contributed by atoms with E-state index in [1.165, 1.54) is 0 Å². The van der Waals surface area contributed by atoms with Crippen LogP contribution in [0.3, 0.4) is 0 Å². The van der Waals surface area contributed by atoms with Gasteiger partial charge in [0.1, 0.15) is 0 Å². The predicted octanol–water partition coefficient (Wildman–Crippen LogP) is 5.30. The smallest absolute Gasteiger partial charge is 0.374 e. The van der Waals surface area contributed by atoms with Crippen LogP contribution < -0.4 is 0 Å². The zero-order chi connectivity index (χ0) is 17.1. The highest BCUT2D eigenvalue weighted by Gasteiger charge is 2.71. The Balaban J connectivity index is 2.23. The lowest BCUT2D eigenvalue weighted by Crippen LogP contribution is -2.58. The van der Waals surface area contributed by atoms with Gasteiger partial charge in [-0.15, -0.1) is 33.2 Å². The van der Waals surface area contributed by atoms with Crippen LogP contribution in [0.2, 0.25) is 5.54 Å². The van der Waals surface area contributed by atoms with E-state index < -0.39 is 47.8 Å². The standard InChI is InChI=1S/C11H13Cl3F6OSi/c12-22(13,14)8-3-5-1-6(7(8)2-5)4-9(21,10(15,16)17)11(18,19)20/h5-8,21H,1-4H2. The fourth-order valence-corrected chi connectivity index (χ4v) is 7.63. The number of hydrogen-bond donors (Lipinski definition) is 1. The largest absolute Gasteiger partial charge is 0.426 e. The van der Waals surface area contributed by atoms with Crippen LogP contribution in [-0.4, -0.2) is 29.1 Å². The molecule has 2 bridgehead atoms. The summed E-state index contributed by atoms with van der Waals surface area (Å²) in [7, 11) is 0. The lowest BCUT2D eigenvalue weighted by Gasteiger charge is -2.39. The molecule has 4 atom stereocenters. The summed E-state index contributed by atoms with van der Waals surface area (Å²) < 4.78 is 76.7. The molecule has 2 aliphatic rings. The van der Waals surface area contributed by atoms with Gasteiger partial charge in [0.25, 0.3) is 5.60 Å². The first-order chi connectivity index (χ1) is 9.67. The summed E-state index contributed by atoms with van der Waals surface area (Å²) in [6.45, 7) is 0. The number of alkyl halides is 6. The molecule has 0 aliphatic heterocycles. The molecule has 0 spiro atoms. The Labute approximate surface area is 138 Å². The van der Waals surface area contributed by atoms with Crippen molar-refractivity contribution < 1.29 is 31.4 Å². The fourth-order valence-electron chi connectivity index (χ4n) is 3.88. The van der Waals surface area contributed by atoms with Crippen molar-refractivity contribution in [3.63, 3.8) is 0 Å². The lowest BCUT2D eigenvalue weighted by atomic mass is 9.79. The molecule has 0 heterocycles. The van der Waals surface area contributed by atoms with E-state index in [1.54, 1.807) is 0 Å². The van der Waals surface area contributed by atoms with Gasteiger partial charge in [-0.05, 0) is 49.0 Å². The first-order valence-corrected chi connectivity index (χ1v) is 11.7. The quantitative estimate of drug-likeness (QED) is 0.381. The average Bonchev–Trinajstić information content (AvgIpc) is 2.83. The van der Waals surface area contributed by atoms with Gasteiger partial charge in [0.15, 0.2) is 0 Å². The van der Waals surface area contributed by atoms with Gasteiger partial charge in [-0.3, -0.25) is 0 Å². The molecule has 1 N–H and O–H groups in total.